The molecule has 0 fully saturated rings. The Hall–Kier alpha value is -0.180. The van der Waals surface area contributed by atoms with Crippen molar-refractivity contribution in [2.45, 2.75) is 31.2 Å². The zero-order chi connectivity index (χ0) is 11.1. The topological polar surface area (TPSA) is 12.0 Å². The second-order valence-corrected chi connectivity index (χ2v) is 5.15. The van der Waals surface area contributed by atoms with E-state index >= 15 is 0 Å². The minimum atomic E-state index is 0.550. The molecule has 0 aromatic heterocycles. The summed E-state index contributed by atoms with van der Waals surface area (Å²) in [6.07, 6.45) is 1.19. The number of thioether (sulfide) groups is 1. The Labute approximate surface area is 102 Å². The molecule has 0 spiro atoms. The lowest BCUT2D eigenvalue weighted by molar-refractivity contribution is 0.590. The van der Waals surface area contributed by atoms with Crippen LogP contribution in [-0.2, 0) is 0 Å². The van der Waals surface area contributed by atoms with Crippen LogP contribution < -0.4 is 5.32 Å². The summed E-state index contributed by atoms with van der Waals surface area (Å²) in [6.45, 7) is 5.49. The summed E-state index contributed by atoms with van der Waals surface area (Å²) in [7, 11) is 0. The minimum absolute atomic E-state index is 0.550. The number of hydrogen-bond donors (Lipinski definition) is 1. The molecule has 0 saturated carbocycles. The van der Waals surface area contributed by atoms with E-state index in [0.29, 0.717) is 6.04 Å². The Morgan fingerprint density at radius 3 is 2.93 bits per heavy atom. The van der Waals surface area contributed by atoms with E-state index in [1.807, 2.05) is 30.0 Å². The van der Waals surface area contributed by atoms with Crippen LogP contribution in [0.4, 0.5) is 0 Å². The van der Waals surface area contributed by atoms with Gasteiger partial charge in [0, 0.05) is 21.7 Å². The molecule has 1 aromatic carbocycles. The highest BCUT2D eigenvalue weighted by Crippen LogP contribution is 2.21. The van der Waals surface area contributed by atoms with Crippen molar-refractivity contribution in [2.24, 2.45) is 0 Å². The maximum Gasteiger partial charge on any atom is 0.0417 e. The van der Waals surface area contributed by atoms with E-state index in [4.69, 9.17) is 11.6 Å². The summed E-state index contributed by atoms with van der Waals surface area (Å²) in [5, 5.41) is 4.28. The standard InChI is InChI=1S/C12H18ClNS/c1-3-7-14-10(2)9-15-12-6-4-5-11(13)8-12/h4-6,8,10,14H,3,7,9H2,1-2H3. The van der Waals surface area contributed by atoms with Crippen LogP contribution in [0.3, 0.4) is 0 Å². The quantitative estimate of drug-likeness (QED) is 0.763. The summed E-state index contributed by atoms with van der Waals surface area (Å²) in [6, 6.07) is 8.56. The van der Waals surface area contributed by atoms with Crippen LogP contribution in [-0.4, -0.2) is 18.3 Å². The van der Waals surface area contributed by atoms with Gasteiger partial charge in [0.2, 0.25) is 0 Å². The van der Waals surface area contributed by atoms with E-state index in [1.54, 1.807) is 0 Å². The lowest BCUT2D eigenvalue weighted by atomic mass is 10.3. The van der Waals surface area contributed by atoms with E-state index in [1.165, 1.54) is 11.3 Å². The molecule has 0 bridgehead atoms. The summed E-state index contributed by atoms with van der Waals surface area (Å²) in [5.41, 5.74) is 0. The first-order chi connectivity index (χ1) is 7.22. The third-order valence-corrected chi connectivity index (χ3v) is 3.53. The Morgan fingerprint density at radius 2 is 2.27 bits per heavy atom. The third kappa shape index (κ3) is 5.45. The molecular formula is C12H18ClNS. The molecule has 1 unspecified atom stereocenters. The van der Waals surface area contributed by atoms with Gasteiger partial charge in [-0.2, -0.15) is 0 Å². The van der Waals surface area contributed by atoms with Gasteiger partial charge in [-0.3, -0.25) is 0 Å². The van der Waals surface area contributed by atoms with Crippen molar-refractivity contribution < 1.29 is 0 Å². The van der Waals surface area contributed by atoms with E-state index < -0.39 is 0 Å². The van der Waals surface area contributed by atoms with Crippen molar-refractivity contribution in [3.63, 3.8) is 0 Å². The van der Waals surface area contributed by atoms with Crippen LogP contribution in [0, 0.1) is 0 Å². The second-order valence-electron chi connectivity index (χ2n) is 3.62. The van der Waals surface area contributed by atoms with Gasteiger partial charge < -0.3 is 5.32 Å². The second kappa shape index (κ2) is 7.15. The molecule has 0 saturated heterocycles. The highest BCUT2D eigenvalue weighted by molar-refractivity contribution is 7.99. The van der Waals surface area contributed by atoms with Crippen LogP contribution in [0.2, 0.25) is 5.02 Å². The molecule has 0 heterocycles. The SMILES string of the molecule is CCCNC(C)CSc1cccc(Cl)c1. The molecule has 0 amide bonds. The lowest BCUT2D eigenvalue weighted by Gasteiger charge is -2.12. The van der Waals surface area contributed by atoms with Crippen LogP contribution >= 0.6 is 23.4 Å². The van der Waals surface area contributed by atoms with Gasteiger partial charge in [-0.15, -0.1) is 11.8 Å². The molecule has 0 aliphatic carbocycles. The molecule has 0 aliphatic rings. The van der Waals surface area contributed by atoms with Crippen molar-refractivity contribution in [1.82, 2.24) is 5.32 Å². The third-order valence-electron chi connectivity index (χ3n) is 2.04. The number of rotatable bonds is 6. The van der Waals surface area contributed by atoms with E-state index in [2.05, 4.69) is 25.2 Å². The van der Waals surface area contributed by atoms with Gasteiger partial charge in [0.05, 0.1) is 0 Å². The Balaban J connectivity index is 2.30. The first-order valence-corrected chi connectivity index (χ1v) is 6.70. The van der Waals surface area contributed by atoms with Crippen molar-refractivity contribution in [3.8, 4) is 0 Å². The zero-order valence-corrected chi connectivity index (χ0v) is 10.9. The molecule has 1 aromatic rings. The van der Waals surface area contributed by atoms with Gasteiger partial charge in [-0.25, -0.2) is 0 Å². The summed E-state index contributed by atoms with van der Waals surface area (Å²) >= 11 is 7.76. The van der Waals surface area contributed by atoms with Crippen LogP contribution in [0.25, 0.3) is 0 Å². The fraction of sp³-hybridized carbons (Fsp3) is 0.500. The highest BCUT2D eigenvalue weighted by Gasteiger charge is 2.01. The number of halogens is 1. The average molecular weight is 244 g/mol. The van der Waals surface area contributed by atoms with E-state index in [9.17, 15) is 0 Å². The van der Waals surface area contributed by atoms with Crippen molar-refractivity contribution in [3.05, 3.63) is 29.3 Å². The average Bonchev–Trinajstić information content (AvgIpc) is 2.23. The monoisotopic (exact) mass is 243 g/mol. The van der Waals surface area contributed by atoms with Gasteiger partial charge >= 0.3 is 0 Å². The fourth-order valence-corrected chi connectivity index (χ4v) is 2.43. The van der Waals surface area contributed by atoms with Gasteiger partial charge in [-0.1, -0.05) is 24.6 Å². The fourth-order valence-electron chi connectivity index (χ4n) is 1.23. The Kier molecular flexibility index (Phi) is 6.15. The van der Waals surface area contributed by atoms with Gasteiger partial charge in [0.1, 0.15) is 0 Å². The molecule has 3 heteroatoms. The molecule has 1 N–H and O–H groups in total. The van der Waals surface area contributed by atoms with Crippen LogP contribution in [0.5, 0.6) is 0 Å². The normalized spacial score (nSPS) is 12.7. The zero-order valence-electron chi connectivity index (χ0n) is 9.29. The maximum absolute atomic E-state index is 5.91. The smallest absolute Gasteiger partial charge is 0.0417 e. The first kappa shape index (κ1) is 12.9. The maximum atomic E-state index is 5.91. The van der Waals surface area contributed by atoms with E-state index in [0.717, 1.165) is 17.3 Å². The summed E-state index contributed by atoms with van der Waals surface area (Å²) < 4.78 is 0. The molecule has 1 rings (SSSR count). The van der Waals surface area contributed by atoms with Crippen molar-refractivity contribution >= 4 is 23.4 Å². The van der Waals surface area contributed by atoms with Gasteiger partial charge in [0.15, 0.2) is 0 Å². The van der Waals surface area contributed by atoms with Gasteiger partial charge in [-0.05, 0) is 38.1 Å². The molecule has 1 nitrogen and oxygen atoms in total. The Bertz CT molecular complexity index is 291. The van der Waals surface area contributed by atoms with Crippen molar-refractivity contribution in [2.75, 3.05) is 12.3 Å². The highest BCUT2D eigenvalue weighted by atomic mass is 35.5. The molecule has 15 heavy (non-hydrogen) atoms. The molecule has 1 atom stereocenters. The molecular weight excluding hydrogens is 226 g/mol. The Morgan fingerprint density at radius 1 is 1.47 bits per heavy atom. The molecule has 0 aliphatic heterocycles. The molecule has 84 valence electrons. The van der Waals surface area contributed by atoms with Gasteiger partial charge in [0.25, 0.3) is 0 Å². The van der Waals surface area contributed by atoms with E-state index in [-0.39, 0.29) is 0 Å². The first-order valence-electron chi connectivity index (χ1n) is 5.34. The van der Waals surface area contributed by atoms with Crippen molar-refractivity contribution in [1.29, 1.82) is 0 Å². The number of nitrogens with one attached hydrogen (secondary N) is 1. The minimum Gasteiger partial charge on any atom is -0.313 e. The summed E-state index contributed by atoms with van der Waals surface area (Å²) in [5.74, 6) is 1.08. The van der Waals surface area contributed by atoms with Crippen LogP contribution in [0.1, 0.15) is 20.3 Å². The predicted molar refractivity (Wildman–Crippen MR) is 69.9 cm³/mol. The molecule has 0 radical (unpaired) electrons. The largest absolute Gasteiger partial charge is 0.313 e. The number of benzene rings is 1. The lowest BCUT2D eigenvalue weighted by Crippen LogP contribution is -2.28. The number of hydrogen-bond acceptors (Lipinski definition) is 2. The summed E-state index contributed by atoms with van der Waals surface area (Å²) in [4.78, 5) is 1.24. The van der Waals surface area contributed by atoms with Crippen LogP contribution in [0.15, 0.2) is 29.2 Å². The predicted octanol–water partition coefficient (Wildman–Crippen LogP) is 3.82.